The lowest BCUT2D eigenvalue weighted by atomic mass is 10.1. The normalized spacial score (nSPS) is 11.4. The third-order valence-corrected chi connectivity index (χ3v) is 2.90. The number of carbonyl (C=O) groups excluding carboxylic acids is 1. The molecule has 0 fully saturated rings. The van der Waals surface area contributed by atoms with Gasteiger partial charge < -0.3 is 10.6 Å². The van der Waals surface area contributed by atoms with Crippen molar-refractivity contribution < 1.29 is 9.18 Å². The number of rotatable bonds is 4. The molecule has 1 amide bonds. The Morgan fingerprint density at radius 1 is 1.39 bits per heavy atom. The van der Waals surface area contributed by atoms with E-state index in [1.54, 1.807) is 12.1 Å². The van der Waals surface area contributed by atoms with E-state index in [1.165, 1.54) is 6.07 Å². The number of carbonyl (C=O) groups is 1. The molecule has 1 rings (SSSR count). The summed E-state index contributed by atoms with van der Waals surface area (Å²) in [5.74, 6) is -0.654. The minimum absolute atomic E-state index is 0.0289. The van der Waals surface area contributed by atoms with Gasteiger partial charge in [0.1, 0.15) is 5.82 Å². The molecule has 1 aromatic rings. The highest BCUT2D eigenvalue weighted by Crippen LogP contribution is 2.25. The van der Waals surface area contributed by atoms with Gasteiger partial charge in [0, 0.05) is 23.0 Å². The molecular weight excluding hydrogens is 299 g/mol. The Labute approximate surface area is 115 Å². The van der Waals surface area contributed by atoms with Crippen molar-refractivity contribution in [2.45, 2.75) is 32.7 Å². The minimum atomic E-state index is -0.443. The fourth-order valence-corrected chi connectivity index (χ4v) is 1.81. The van der Waals surface area contributed by atoms with Gasteiger partial charge in [-0.15, -0.1) is 0 Å². The molecule has 0 aromatic heterocycles. The van der Waals surface area contributed by atoms with Crippen LogP contribution in [0.1, 0.15) is 27.2 Å². The van der Waals surface area contributed by atoms with Gasteiger partial charge in [-0.25, -0.2) is 4.39 Å². The summed E-state index contributed by atoms with van der Waals surface area (Å²) in [6.45, 7) is 6.64. The van der Waals surface area contributed by atoms with Gasteiger partial charge in [-0.05, 0) is 48.8 Å². The van der Waals surface area contributed by atoms with E-state index in [0.29, 0.717) is 17.4 Å². The van der Waals surface area contributed by atoms with Gasteiger partial charge in [0.25, 0.3) is 0 Å². The number of para-hydroxylation sites is 1. The number of amides is 1. The Balaban J connectivity index is 2.50. The predicted octanol–water partition coefficient (Wildman–Crippen LogP) is 3.30. The smallest absolute Gasteiger partial charge is 0.225 e. The maximum Gasteiger partial charge on any atom is 0.225 e. The number of hydrogen-bond donors (Lipinski definition) is 2. The van der Waals surface area contributed by atoms with Crippen molar-refractivity contribution in [3.8, 4) is 0 Å². The zero-order chi connectivity index (χ0) is 13.8. The Bertz CT molecular complexity index is 409. The van der Waals surface area contributed by atoms with Crippen LogP contribution in [0.25, 0.3) is 0 Å². The maximum absolute atomic E-state index is 13.5. The Morgan fingerprint density at radius 3 is 2.61 bits per heavy atom. The number of benzene rings is 1. The van der Waals surface area contributed by atoms with E-state index in [0.717, 1.165) is 0 Å². The van der Waals surface area contributed by atoms with Gasteiger partial charge in [0.05, 0.1) is 5.69 Å². The first-order chi connectivity index (χ1) is 8.29. The van der Waals surface area contributed by atoms with Crippen molar-refractivity contribution in [1.29, 1.82) is 0 Å². The zero-order valence-electron chi connectivity index (χ0n) is 10.8. The van der Waals surface area contributed by atoms with Gasteiger partial charge >= 0.3 is 0 Å². The van der Waals surface area contributed by atoms with Crippen molar-refractivity contribution in [2.75, 3.05) is 11.9 Å². The van der Waals surface area contributed by atoms with Crippen LogP contribution < -0.4 is 10.6 Å². The molecule has 0 spiro atoms. The van der Waals surface area contributed by atoms with Crippen LogP contribution in [0.15, 0.2) is 22.7 Å². The molecule has 0 radical (unpaired) electrons. The molecule has 2 N–H and O–H groups in total. The van der Waals surface area contributed by atoms with Crippen LogP contribution in [0.5, 0.6) is 0 Å². The molecule has 0 aliphatic rings. The van der Waals surface area contributed by atoms with Crippen molar-refractivity contribution in [3.63, 3.8) is 0 Å². The standard InChI is InChI=1S/C13H18BrFN2O/c1-13(2,3)16-8-7-11(18)17-12-9(14)5-4-6-10(12)15/h4-6,16H,7-8H2,1-3H3,(H,17,18). The average molecular weight is 317 g/mol. The first kappa shape index (κ1) is 15.1. The lowest BCUT2D eigenvalue weighted by molar-refractivity contribution is -0.116. The second-order valence-electron chi connectivity index (χ2n) is 5.07. The summed E-state index contributed by atoms with van der Waals surface area (Å²) in [4.78, 5) is 11.7. The number of nitrogens with one attached hydrogen (secondary N) is 2. The van der Waals surface area contributed by atoms with Crippen LogP contribution in [0.3, 0.4) is 0 Å². The summed E-state index contributed by atoms with van der Waals surface area (Å²) in [6, 6.07) is 4.58. The molecule has 0 heterocycles. The third-order valence-electron chi connectivity index (χ3n) is 2.23. The molecule has 0 atom stereocenters. The molecule has 0 saturated carbocycles. The monoisotopic (exact) mass is 316 g/mol. The first-order valence-electron chi connectivity index (χ1n) is 5.78. The van der Waals surface area contributed by atoms with Crippen molar-refractivity contribution in [1.82, 2.24) is 5.32 Å². The lowest BCUT2D eigenvalue weighted by Gasteiger charge is -2.20. The molecule has 0 saturated heterocycles. The molecule has 1 aromatic carbocycles. The Kier molecular flexibility index (Phi) is 5.28. The largest absolute Gasteiger partial charge is 0.323 e. The molecular formula is C13H18BrFN2O. The van der Waals surface area contributed by atoms with Gasteiger partial charge in [-0.2, -0.15) is 0 Å². The summed E-state index contributed by atoms with van der Waals surface area (Å²) in [6.07, 6.45) is 0.304. The molecule has 0 aliphatic heterocycles. The second kappa shape index (κ2) is 6.29. The highest BCUT2D eigenvalue weighted by molar-refractivity contribution is 9.10. The number of anilines is 1. The van der Waals surface area contributed by atoms with Crippen LogP contribution in [0, 0.1) is 5.82 Å². The van der Waals surface area contributed by atoms with Crippen LogP contribution in [0.4, 0.5) is 10.1 Å². The molecule has 5 heteroatoms. The number of halogens is 2. The zero-order valence-corrected chi connectivity index (χ0v) is 12.4. The van der Waals surface area contributed by atoms with Crippen LogP contribution in [0.2, 0.25) is 0 Å². The summed E-state index contributed by atoms with van der Waals surface area (Å²) in [5, 5.41) is 5.77. The number of hydrogen-bond acceptors (Lipinski definition) is 2. The van der Waals surface area contributed by atoms with Gasteiger partial charge in [0.2, 0.25) is 5.91 Å². The molecule has 0 aliphatic carbocycles. The van der Waals surface area contributed by atoms with E-state index in [4.69, 9.17) is 0 Å². The summed E-state index contributed by atoms with van der Waals surface area (Å²) in [7, 11) is 0. The molecule has 0 unspecified atom stereocenters. The van der Waals surface area contributed by atoms with E-state index < -0.39 is 5.82 Å². The van der Waals surface area contributed by atoms with Gasteiger partial charge in [-0.1, -0.05) is 6.07 Å². The topological polar surface area (TPSA) is 41.1 Å². The van der Waals surface area contributed by atoms with Crippen LogP contribution >= 0.6 is 15.9 Å². The molecule has 0 bridgehead atoms. The Hall–Kier alpha value is -0.940. The molecule has 18 heavy (non-hydrogen) atoms. The quantitative estimate of drug-likeness (QED) is 0.894. The molecule has 3 nitrogen and oxygen atoms in total. The van der Waals surface area contributed by atoms with E-state index >= 15 is 0 Å². The van der Waals surface area contributed by atoms with E-state index in [1.807, 2.05) is 20.8 Å². The Morgan fingerprint density at radius 2 is 2.06 bits per heavy atom. The maximum atomic E-state index is 13.5. The summed E-state index contributed by atoms with van der Waals surface area (Å²) >= 11 is 3.21. The fourth-order valence-electron chi connectivity index (χ4n) is 1.37. The average Bonchev–Trinajstić information content (AvgIpc) is 2.22. The molecule has 100 valence electrons. The van der Waals surface area contributed by atoms with Crippen LogP contribution in [-0.4, -0.2) is 18.0 Å². The third kappa shape index (κ3) is 5.14. The lowest BCUT2D eigenvalue weighted by Crippen LogP contribution is -2.37. The highest BCUT2D eigenvalue weighted by atomic mass is 79.9. The van der Waals surface area contributed by atoms with Crippen LogP contribution in [-0.2, 0) is 4.79 Å². The van der Waals surface area contributed by atoms with Gasteiger partial charge in [0.15, 0.2) is 0 Å². The minimum Gasteiger partial charge on any atom is -0.323 e. The van der Waals surface area contributed by atoms with E-state index in [2.05, 4.69) is 26.6 Å². The van der Waals surface area contributed by atoms with E-state index in [9.17, 15) is 9.18 Å². The van der Waals surface area contributed by atoms with E-state index in [-0.39, 0.29) is 17.1 Å². The predicted molar refractivity (Wildman–Crippen MR) is 75.1 cm³/mol. The summed E-state index contributed by atoms with van der Waals surface area (Å²) in [5.41, 5.74) is 0.164. The summed E-state index contributed by atoms with van der Waals surface area (Å²) < 4.78 is 14.0. The highest BCUT2D eigenvalue weighted by Gasteiger charge is 2.12. The first-order valence-corrected chi connectivity index (χ1v) is 6.58. The SMILES string of the molecule is CC(C)(C)NCCC(=O)Nc1c(F)cccc1Br. The van der Waals surface area contributed by atoms with Crippen molar-refractivity contribution in [2.24, 2.45) is 0 Å². The van der Waals surface area contributed by atoms with Crippen molar-refractivity contribution in [3.05, 3.63) is 28.5 Å². The van der Waals surface area contributed by atoms with Crippen molar-refractivity contribution >= 4 is 27.5 Å². The second-order valence-corrected chi connectivity index (χ2v) is 5.93. The van der Waals surface area contributed by atoms with Gasteiger partial charge in [-0.3, -0.25) is 4.79 Å². The fraction of sp³-hybridized carbons (Fsp3) is 0.462.